The van der Waals surface area contributed by atoms with Crippen LogP contribution in [0.2, 0.25) is 0 Å². The fourth-order valence-electron chi connectivity index (χ4n) is 2.03. The first-order valence-electron chi connectivity index (χ1n) is 6.80. The molecular weight excluding hydrogens is 441 g/mol. The highest BCUT2D eigenvalue weighted by molar-refractivity contribution is 14.1. The lowest BCUT2D eigenvalue weighted by molar-refractivity contribution is -0.384. The smallest absolute Gasteiger partial charge is 0.266 e. The molecule has 2 aromatic carbocycles. The molecule has 0 atom stereocenters. The van der Waals surface area contributed by atoms with Gasteiger partial charge in [0.2, 0.25) is 0 Å². The number of thiophene rings is 1. The number of nitro benzene ring substituents is 1. The van der Waals surface area contributed by atoms with Crippen LogP contribution in [0.25, 0.3) is 10.1 Å². The van der Waals surface area contributed by atoms with Crippen LogP contribution in [-0.4, -0.2) is 17.0 Å². The molecule has 1 aromatic heterocycles. The molecule has 0 saturated heterocycles. The Morgan fingerprint density at radius 2 is 1.96 bits per heavy atom. The van der Waals surface area contributed by atoms with Crippen LogP contribution >= 0.6 is 33.9 Å². The Morgan fingerprint density at radius 3 is 2.67 bits per heavy atom. The average Bonchev–Trinajstić information content (AvgIpc) is 2.99. The van der Waals surface area contributed by atoms with Crippen molar-refractivity contribution >= 4 is 61.8 Å². The van der Waals surface area contributed by atoms with Crippen LogP contribution < -0.4 is 5.43 Å². The molecule has 120 valence electrons. The number of nitro groups is 1. The van der Waals surface area contributed by atoms with Crippen LogP contribution in [0.5, 0.6) is 0 Å². The molecule has 0 aliphatic heterocycles. The lowest BCUT2D eigenvalue weighted by Crippen LogP contribution is -2.16. The van der Waals surface area contributed by atoms with E-state index < -0.39 is 4.92 Å². The number of benzene rings is 2. The summed E-state index contributed by atoms with van der Waals surface area (Å²) in [7, 11) is 0. The van der Waals surface area contributed by atoms with E-state index in [1.807, 2.05) is 24.3 Å². The maximum atomic E-state index is 12.1. The Labute approximate surface area is 154 Å². The van der Waals surface area contributed by atoms with Gasteiger partial charge in [0, 0.05) is 25.8 Å². The number of carbonyl (C=O) groups excluding carboxylic acids is 1. The maximum Gasteiger partial charge on any atom is 0.281 e. The second-order valence-electron chi connectivity index (χ2n) is 4.84. The van der Waals surface area contributed by atoms with Crippen LogP contribution in [0.15, 0.2) is 53.6 Å². The second-order valence-corrected chi connectivity index (χ2v) is 7.17. The van der Waals surface area contributed by atoms with E-state index in [1.165, 1.54) is 23.5 Å². The molecule has 0 fully saturated rings. The predicted octanol–water partition coefficient (Wildman–Crippen LogP) is 4.18. The SMILES string of the molecule is O=C(N/N=C\c1ccc(I)cc1)c1cc2cc([N+](=O)[O-])ccc2s1. The first-order valence-corrected chi connectivity index (χ1v) is 8.69. The van der Waals surface area contributed by atoms with Crippen LogP contribution in [0.3, 0.4) is 0 Å². The Bertz CT molecular complexity index is 951. The Morgan fingerprint density at radius 1 is 1.21 bits per heavy atom. The van der Waals surface area contributed by atoms with Crippen molar-refractivity contribution in [3.05, 3.63) is 72.7 Å². The molecule has 24 heavy (non-hydrogen) atoms. The molecule has 1 N–H and O–H groups in total. The Hall–Kier alpha value is -2.33. The number of nitrogens with one attached hydrogen (secondary N) is 1. The van der Waals surface area contributed by atoms with E-state index in [4.69, 9.17) is 0 Å². The lowest BCUT2D eigenvalue weighted by Gasteiger charge is -1.96. The van der Waals surface area contributed by atoms with E-state index in [9.17, 15) is 14.9 Å². The predicted molar refractivity (Wildman–Crippen MR) is 103 cm³/mol. The molecular formula is C16H10IN3O3S. The quantitative estimate of drug-likeness (QED) is 0.280. The number of halogens is 1. The van der Waals surface area contributed by atoms with E-state index in [-0.39, 0.29) is 11.6 Å². The van der Waals surface area contributed by atoms with Crippen LogP contribution in [0.1, 0.15) is 15.2 Å². The van der Waals surface area contributed by atoms with Crippen molar-refractivity contribution in [3.8, 4) is 0 Å². The van der Waals surface area contributed by atoms with Crippen LogP contribution in [0, 0.1) is 13.7 Å². The molecule has 6 nitrogen and oxygen atoms in total. The summed E-state index contributed by atoms with van der Waals surface area (Å²) in [4.78, 5) is 22.9. The molecule has 0 unspecified atom stereocenters. The van der Waals surface area contributed by atoms with Crippen molar-refractivity contribution in [2.75, 3.05) is 0 Å². The number of non-ortho nitro benzene ring substituents is 1. The summed E-state index contributed by atoms with van der Waals surface area (Å²) in [5, 5.41) is 15.4. The van der Waals surface area contributed by atoms with E-state index in [2.05, 4.69) is 33.1 Å². The zero-order chi connectivity index (χ0) is 17.1. The highest BCUT2D eigenvalue weighted by Crippen LogP contribution is 2.28. The van der Waals surface area contributed by atoms with Gasteiger partial charge in [-0.2, -0.15) is 5.10 Å². The van der Waals surface area contributed by atoms with Gasteiger partial charge in [0.25, 0.3) is 11.6 Å². The zero-order valence-corrected chi connectivity index (χ0v) is 15.1. The molecule has 0 aliphatic carbocycles. The van der Waals surface area contributed by atoms with Crippen LogP contribution in [0.4, 0.5) is 5.69 Å². The lowest BCUT2D eigenvalue weighted by atomic mass is 10.2. The molecule has 1 heterocycles. The highest BCUT2D eigenvalue weighted by atomic mass is 127. The van der Waals surface area contributed by atoms with Crippen LogP contribution in [-0.2, 0) is 0 Å². The first-order chi connectivity index (χ1) is 11.5. The van der Waals surface area contributed by atoms with Gasteiger partial charge in [0.15, 0.2) is 0 Å². The molecule has 0 aliphatic rings. The van der Waals surface area contributed by atoms with Crippen molar-refractivity contribution in [3.63, 3.8) is 0 Å². The molecule has 8 heteroatoms. The average molecular weight is 451 g/mol. The minimum atomic E-state index is -0.456. The van der Waals surface area contributed by atoms with Gasteiger partial charge in [-0.15, -0.1) is 11.3 Å². The first kappa shape index (κ1) is 16.5. The van der Waals surface area contributed by atoms with Gasteiger partial charge in [0.1, 0.15) is 0 Å². The largest absolute Gasteiger partial charge is 0.281 e. The normalized spacial score (nSPS) is 11.0. The van der Waals surface area contributed by atoms with E-state index in [1.54, 1.807) is 18.3 Å². The fourth-order valence-corrected chi connectivity index (χ4v) is 3.32. The Kier molecular flexibility index (Phi) is 4.86. The summed E-state index contributed by atoms with van der Waals surface area (Å²) in [6, 6.07) is 13.8. The van der Waals surface area contributed by atoms with Gasteiger partial charge in [-0.3, -0.25) is 14.9 Å². The monoisotopic (exact) mass is 451 g/mol. The maximum absolute atomic E-state index is 12.1. The van der Waals surface area contributed by atoms with Crippen molar-refractivity contribution in [1.82, 2.24) is 5.43 Å². The van der Waals surface area contributed by atoms with Gasteiger partial charge in [-0.25, -0.2) is 5.43 Å². The third kappa shape index (κ3) is 3.77. The summed E-state index contributed by atoms with van der Waals surface area (Å²) in [6.07, 6.45) is 1.56. The van der Waals surface area contributed by atoms with E-state index in [0.717, 1.165) is 13.8 Å². The number of fused-ring (bicyclic) bond motifs is 1. The van der Waals surface area contributed by atoms with Gasteiger partial charge in [0.05, 0.1) is 16.0 Å². The van der Waals surface area contributed by atoms with Gasteiger partial charge < -0.3 is 0 Å². The molecule has 0 saturated carbocycles. The molecule has 3 aromatic rings. The molecule has 0 spiro atoms. The number of rotatable bonds is 4. The van der Waals surface area contributed by atoms with Gasteiger partial charge in [-0.05, 0) is 52.4 Å². The van der Waals surface area contributed by atoms with E-state index >= 15 is 0 Å². The Balaban J connectivity index is 1.73. The summed E-state index contributed by atoms with van der Waals surface area (Å²) >= 11 is 3.47. The second kappa shape index (κ2) is 7.05. The summed E-state index contributed by atoms with van der Waals surface area (Å²) < 4.78 is 1.93. The number of amides is 1. The third-order valence-electron chi connectivity index (χ3n) is 3.18. The van der Waals surface area contributed by atoms with E-state index in [0.29, 0.717) is 10.3 Å². The minimum Gasteiger partial charge on any atom is -0.266 e. The highest BCUT2D eigenvalue weighted by Gasteiger charge is 2.12. The summed E-state index contributed by atoms with van der Waals surface area (Å²) in [5.74, 6) is -0.347. The fraction of sp³-hybridized carbons (Fsp3) is 0. The summed E-state index contributed by atoms with van der Waals surface area (Å²) in [5.41, 5.74) is 3.35. The number of hydrogen-bond acceptors (Lipinski definition) is 5. The molecule has 3 rings (SSSR count). The molecule has 1 amide bonds. The summed E-state index contributed by atoms with van der Waals surface area (Å²) in [6.45, 7) is 0. The zero-order valence-electron chi connectivity index (χ0n) is 12.1. The number of carbonyl (C=O) groups is 1. The topological polar surface area (TPSA) is 84.6 Å². The van der Waals surface area contributed by atoms with Crippen molar-refractivity contribution in [2.45, 2.75) is 0 Å². The minimum absolute atomic E-state index is 0.00369. The third-order valence-corrected chi connectivity index (χ3v) is 5.02. The molecule has 0 radical (unpaired) electrons. The number of hydrogen-bond donors (Lipinski definition) is 1. The van der Waals surface area contributed by atoms with Gasteiger partial charge in [-0.1, -0.05) is 12.1 Å². The van der Waals surface area contributed by atoms with Gasteiger partial charge >= 0.3 is 0 Å². The molecule has 0 bridgehead atoms. The van der Waals surface area contributed by atoms with Crippen molar-refractivity contribution in [1.29, 1.82) is 0 Å². The standard InChI is InChI=1S/C16H10IN3O3S/c17-12-3-1-10(2-4-12)9-18-19-16(21)15-8-11-7-13(20(22)23)5-6-14(11)24-15/h1-9H,(H,19,21)/b18-9-. The van der Waals surface area contributed by atoms with Crippen molar-refractivity contribution < 1.29 is 9.72 Å². The van der Waals surface area contributed by atoms with Crippen molar-refractivity contribution in [2.24, 2.45) is 5.10 Å². The number of hydrazone groups is 1. The number of nitrogens with zero attached hydrogens (tertiary/aromatic N) is 2.